The fourth-order valence-corrected chi connectivity index (χ4v) is 3.68. The molecule has 3 rings (SSSR count). The number of hydrogen-bond donors (Lipinski definition) is 0. The Labute approximate surface area is 162 Å². The molecule has 0 amide bonds. The summed E-state index contributed by atoms with van der Waals surface area (Å²) in [6, 6.07) is 19.0. The molecule has 27 heavy (non-hydrogen) atoms. The summed E-state index contributed by atoms with van der Waals surface area (Å²) in [5, 5.41) is 0. The fourth-order valence-electron chi connectivity index (χ4n) is 3.68. The van der Waals surface area contributed by atoms with Crippen LogP contribution in [0.1, 0.15) is 17.5 Å². The van der Waals surface area contributed by atoms with Crippen LogP contribution < -0.4 is 4.90 Å². The molecule has 0 aliphatic carbocycles. The summed E-state index contributed by atoms with van der Waals surface area (Å²) in [5.41, 5.74) is 3.24. The van der Waals surface area contributed by atoms with E-state index in [0.717, 1.165) is 51.9 Å². The molecule has 4 heteroatoms. The van der Waals surface area contributed by atoms with Crippen LogP contribution in [0.25, 0.3) is 0 Å². The van der Waals surface area contributed by atoms with Gasteiger partial charge in [0, 0.05) is 18.8 Å². The van der Waals surface area contributed by atoms with Crippen LogP contribution in [0.4, 0.5) is 5.69 Å². The second kappa shape index (κ2) is 9.16. The molecule has 1 saturated heterocycles. The average molecular weight is 367 g/mol. The molecule has 2 aromatic rings. The zero-order valence-corrected chi connectivity index (χ0v) is 16.4. The number of hydrogen-bond acceptors (Lipinski definition) is 4. The number of morpholine rings is 1. The molecule has 0 aromatic heterocycles. The van der Waals surface area contributed by atoms with E-state index in [-0.39, 0.29) is 0 Å². The van der Waals surface area contributed by atoms with Gasteiger partial charge in [0.15, 0.2) is 0 Å². The van der Waals surface area contributed by atoms with Gasteiger partial charge in [0.25, 0.3) is 0 Å². The van der Waals surface area contributed by atoms with Gasteiger partial charge in [-0.3, -0.25) is 4.90 Å². The maximum Gasteiger partial charge on any atom is 0.140 e. The quantitative estimate of drug-likeness (QED) is 0.672. The highest BCUT2D eigenvalue weighted by molar-refractivity contribution is 5.65. The molecule has 1 aliphatic rings. The van der Waals surface area contributed by atoms with E-state index in [2.05, 4.69) is 46.2 Å². The van der Waals surface area contributed by atoms with Crippen LogP contribution in [-0.2, 0) is 22.4 Å². The molecule has 0 saturated carbocycles. The SMILES string of the molecule is CN(C)C(C=O)(CCc1ccc(N2CCOCC2)cc1)Cc1ccccc1. The number of carbonyl (C=O) groups excluding carboxylic acids is 1. The number of ether oxygens (including phenoxy) is 1. The zero-order valence-electron chi connectivity index (χ0n) is 16.4. The summed E-state index contributed by atoms with van der Waals surface area (Å²) < 4.78 is 5.43. The predicted molar refractivity (Wildman–Crippen MR) is 110 cm³/mol. The lowest BCUT2D eigenvalue weighted by Crippen LogP contribution is -2.48. The Balaban J connectivity index is 1.67. The van der Waals surface area contributed by atoms with Gasteiger partial charge in [0.05, 0.1) is 18.8 Å². The first-order chi connectivity index (χ1) is 13.1. The van der Waals surface area contributed by atoms with Crippen molar-refractivity contribution in [3.63, 3.8) is 0 Å². The van der Waals surface area contributed by atoms with Gasteiger partial charge in [-0.05, 0) is 56.6 Å². The molecule has 4 nitrogen and oxygen atoms in total. The van der Waals surface area contributed by atoms with Gasteiger partial charge < -0.3 is 14.4 Å². The Kier molecular flexibility index (Phi) is 6.64. The fraction of sp³-hybridized carbons (Fsp3) is 0.435. The first-order valence-corrected chi connectivity index (χ1v) is 9.72. The summed E-state index contributed by atoms with van der Waals surface area (Å²) in [5.74, 6) is 0. The number of nitrogens with zero attached hydrogens (tertiary/aromatic N) is 2. The van der Waals surface area contributed by atoms with Crippen LogP contribution in [-0.4, -0.2) is 57.1 Å². The zero-order chi connectivity index (χ0) is 19.1. The highest BCUT2D eigenvalue weighted by Gasteiger charge is 2.32. The lowest BCUT2D eigenvalue weighted by molar-refractivity contribution is -0.117. The van der Waals surface area contributed by atoms with Crippen molar-refractivity contribution in [3.8, 4) is 0 Å². The van der Waals surface area contributed by atoms with Crippen molar-refractivity contribution in [2.24, 2.45) is 0 Å². The van der Waals surface area contributed by atoms with E-state index >= 15 is 0 Å². The highest BCUT2D eigenvalue weighted by atomic mass is 16.5. The monoisotopic (exact) mass is 366 g/mol. The van der Waals surface area contributed by atoms with Crippen LogP contribution in [0.15, 0.2) is 54.6 Å². The molecule has 2 aromatic carbocycles. The minimum absolute atomic E-state index is 0.482. The van der Waals surface area contributed by atoms with Crippen LogP contribution in [0.3, 0.4) is 0 Å². The summed E-state index contributed by atoms with van der Waals surface area (Å²) in [6.07, 6.45) is 3.54. The molecular formula is C23H30N2O2. The third-order valence-electron chi connectivity index (χ3n) is 5.62. The maximum absolute atomic E-state index is 12.1. The van der Waals surface area contributed by atoms with Gasteiger partial charge >= 0.3 is 0 Å². The Morgan fingerprint density at radius 3 is 2.26 bits per heavy atom. The van der Waals surface area contributed by atoms with Gasteiger partial charge in [-0.15, -0.1) is 0 Å². The maximum atomic E-state index is 12.1. The molecule has 0 bridgehead atoms. The summed E-state index contributed by atoms with van der Waals surface area (Å²) in [6.45, 7) is 3.49. The minimum Gasteiger partial charge on any atom is -0.378 e. The highest BCUT2D eigenvalue weighted by Crippen LogP contribution is 2.24. The topological polar surface area (TPSA) is 32.8 Å². The van der Waals surface area contributed by atoms with Crippen molar-refractivity contribution in [2.45, 2.75) is 24.8 Å². The van der Waals surface area contributed by atoms with Crippen LogP contribution in [0.5, 0.6) is 0 Å². The van der Waals surface area contributed by atoms with E-state index in [1.807, 2.05) is 32.3 Å². The van der Waals surface area contributed by atoms with E-state index in [0.29, 0.717) is 0 Å². The average Bonchev–Trinajstić information content (AvgIpc) is 2.73. The molecule has 1 aliphatic heterocycles. The van der Waals surface area contributed by atoms with Crippen LogP contribution >= 0.6 is 0 Å². The van der Waals surface area contributed by atoms with E-state index in [1.54, 1.807) is 0 Å². The number of anilines is 1. The minimum atomic E-state index is -0.482. The second-order valence-electron chi connectivity index (χ2n) is 7.54. The van der Waals surface area contributed by atoms with Crippen molar-refractivity contribution < 1.29 is 9.53 Å². The van der Waals surface area contributed by atoms with E-state index in [4.69, 9.17) is 4.74 Å². The molecule has 0 N–H and O–H groups in total. The first kappa shape index (κ1) is 19.6. The number of rotatable bonds is 8. The lowest BCUT2D eigenvalue weighted by Gasteiger charge is -2.35. The molecule has 144 valence electrons. The van der Waals surface area contributed by atoms with Gasteiger partial charge in [-0.2, -0.15) is 0 Å². The van der Waals surface area contributed by atoms with Crippen LogP contribution in [0.2, 0.25) is 0 Å². The number of benzene rings is 2. The molecule has 1 heterocycles. The molecule has 0 radical (unpaired) electrons. The summed E-state index contributed by atoms with van der Waals surface area (Å²) >= 11 is 0. The Bertz CT molecular complexity index is 709. The largest absolute Gasteiger partial charge is 0.378 e. The normalized spacial score (nSPS) is 16.9. The van der Waals surface area contributed by atoms with Gasteiger partial charge in [-0.25, -0.2) is 0 Å². The van der Waals surface area contributed by atoms with E-state index < -0.39 is 5.54 Å². The number of aryl methyl sites for hydroxylation is 1. The standard InChI is InChI=1S/C23H30N2O2/c1-24(2)23(19-26,18-21-6-4-3-5-7-21)13-12-20-8-10-22(11-9-20)25-14-16-27-17-15-25/h3-11,19H,12-18H2,1-2H3. The lowest BCUT2D eigenvalue weighted by atomic mass is 9.85. The van der Waals surface area contributed by atoms with E-state index in [1.165, 1.54) is 16.8 Å². The van der Waals surface area contributed by atoms with Crippen molar-refractivity contribution in [2.75, 3.05) is 45.3 Å². The summed E-state index contributed by atoms with van der Waals surface area (Å²) in [4.78, 5) is 16.5. The Hall–Kier alpha value is -2.17. The number of carbonyl (C=O) groups is 1. The van der Waals surface area contributed by atoms with Gasteiger partial charge in [0.2, 0.25) is 0 Å². The molecular weight excluding hydrogens is 336 g/mol. The second-order valence-corrected chi connectivity index (χ2v) is 7.54. The van der Waals surface area contributed by atoms with Crippen molar-refractivity contribution >= 4 is 12.0 Å². The van der Waals surface area contributed by atoms with Crippen molar-refractivity contribution in [1.29, 1.82) is 0 Å². The summed E-state index contributed by atoms with van der Waals surface area (Å²) in [7, 11) is 4.00. The van der Waals surface area contributed by atoms with Crippen LogP contribution in [0, 0.1) is 0 Å². The van der Waals surface area contributed by atoms with Gasteiger partial charge in [-0.1, -0.05) is 42.5 Å². The smallest absolute Gasteiger partial charge is 0.140 e. The van der Waals surface area contributed by atoms with Crippen molar-refractivity contribution in [3.05, 3.63) is 65.7 Å². The Morgan fingerprint density at radius 2 is 1.67 bits per heavy atom. The molecule has 1 unspecified atom stereocenters. The number of likely N-dealkylation sites (N-methyl/N-ethyl adjacent to an activating group) is 1. The Morgan fingerprint density at radius 1 is 1.00 bits per heavy atom. The van der Waals surface area contributed by atoms with Crippen molar-refractivity contribution in [1.82, 2.24) is 4.90 Å². The van der Waals surface area contributed by atoms with Gasteiger partial charge in [0.1, 0.15) is 6.29 Å². The third-order valence-corrected chi connectivity index (χ3v) is 5.62. The predicted octanol–water partition coefficient (Wildman–Crippen LogP) is 3.20. The number of aldehydes is 1. The molecule has 0 spiro atoms. The first-order valence-electron chi connectivity index (χ1n) is 9.72. The molecule has 1 atom stereocenters. The third kappa shape index (κ3) is 4.96. The van der Waals surface area contributed by atoms with E-state index in [9.17, 15) is 4.79 Å². The molecule has 1 fully saturated rings.